The highest BCUT2D eigenvalue weighted by Crippen LogP contribution is 2.24. The number of carbonyl (C=O) groups is 2. The van der Waals surface area contributed by atoms with Gasteiger partial charge in [-0.25, -0.2) is 0 Å². The molecule has 0 aliphatic heterocycles. The summed E-state index contributed by atoms with van der Waals surface area (Å²) in [4.78, 5) is 23.2. The number of rotatable bonds is 6. The summed E-state index contributed by atoms with van der Waals surface area (Å²) in [5, 5.41) is 22.9. The Balaban J connectivity index is 1.75. The van der Waals surface area contributed by atoms with Crippen molar-refractivity contribution in [3.8, 4) is 17.4 Å². The molecule has 0 radical (unpaired) electrons. The molecule has 0 spiro atoms. The normalized spacial score (nSPS) is 10.9. The molecule has 1 amide bonds. The molecule has 28 heavy (non-hydrogen) atoms. The SMILES string of the molecule is N#C/C(=C/c1ccc(-c2cccc(C(=O)[O-])c2)o1)C(=O)NCc1ccccc1. The lowest BCUT2D eigenvalue weighted by Crippen LogP contribution is -2.23. The lowest BCUT2D eigenvalue weighted by Gasteiger charge is -2.04. The van der Waals surface area contributed by atoms with Gasteiger partial charge in [0.2, 0.25) is 0 Å². The zero-order valence-electron chi connectivity index (χ0n) is 14.7. The summed E-state index contributed by atoms with van der Waals surface area (Å²) in [7, 11) is 0. The number of hydrogen-bond donors (Lipinski definition) is 1. The number of carbonyl (C=O) groups excluding carboxylic acids is 2. The second-order valence-electron chi connectivity index (χ2n) is 5.91. The third-order valence-electron chi connectivity index (χ3n) is 3.96. The van der Waals surface area contributed by atoms with Crippen molar-refractivity contribution < 1.29 is 19.1 Å². The zero-order valence-corrected chi connectivity index (χ0v) is 14.7. The topological polar surface area (TPSA) is 106 Å². The van der Waals surface area contributed by atoms with Gasteiger partial charge in [-0.3, -0.25) is 4.79 Å². The van der Waals surface area contributed by atoms with Gasteiger partial charge in [-0.1, -0.05) is 48.5 Å². The molecule has 0 fully saturated rings. The molecule has 6 nitrogen and oxygen atoms in total. The summed E-state index contributed by atoms with van der Waals surface area (Å²) in [5.41, 5.74) is 1.40. The van der Waals surface area contributed by atoms with Gasteiger partial charge in [0, 0.05) is 18.2 Å². The number of carboxylic acids is 1. The standard InChI is InChI=1S/C22H16N2O4/c23-13-18(21(25)24-14-15-5-2-1-3-6-15)12-19-9-10-20(28-19)16-7-4-8-17(11-16)22(26)27/h1-12H,14H2,(H,24,25)(H,26,27)/p-1/b18-12-. The monoisotopic (exact) mass is 371 g/mol. The van der Waals surface area contributed by atoms with Crippen molar-refractivity contribution in [2.24, 2.45) is 0 Å². The van der Waals surface area contributed by atoms with E-state index in [1.165, 1.54) is 18.2 Å². The molecule has 3 rings (SSSR count). The number of nitriles is 1. The average Bonchev–Trinajstić information content (AvgIpc) is 3.20. The number of nitrogens with zero attached hydrogens (tertiary/aromatic N) is 1. The first-order chi connectivity index (χ1) is 13.6. The highest BCUT2D eigenvalue weighted by atomic mass is 16.4. The number of hydrogen-bond acceptors (Lipinski definition) is 5. The Morgan fingerprint density at radius 1 is 1.07 bits per heavy atom. The molecule has 0 unspecified atom stereocenters. The van der Waals surface area contributed by atoms with E-state index in [4.69, 9.17) is 4.42 Å². The summed E-state index contributed by atoms with van der Waals surface area (Å²) >= 11 is 0. The molecule has 0 atom stereocenters. The van der Waals surface area contributed by atoms with Gasteiger partial charge >= 0.3 is 0 Å². The second kappa shape index (κ2) is 8.52. The highest BCUT2D eigenvalue weighted by molar-refractivity contribution is 6.01. The van der Waals surface area contributed by atoms with Gasteiger partial charge in [0.15, 0.2) is 0 Å². The molecule has 1 heterocycles. The van der Waals surface area contributed by atoms with E-state index in [0.29, 0.717) is 23.6 Å². The van der Waals surface area contributed by atoms with Gasteiger partial charge in [0.25, 0.3) is 5.91 Å². The molecule has 0 bridgehead atoms. The Morgan fingerprint density at radius 3 is 2.57 bits per heavy atom. The third kappa shape index (κ3) is 4.54. The Bertz CT molecular complexity index is 1080. The van der Waals surface area contributed by atoms with Crippen LogP contribution in [0.4, 0.5) is 0 Å². The Labute approximate surface area is 161 Å². The molecule has 2 aromatic carbocycles. The molecule has 138 valence electrons. The molecular weight excluding hydrogens is 356 g/mol. The van der Waals surface area contributed by atoms with Crippen molar-refractivity contribution in [3.63, 3.8) is 0 Å². The van der Waals surface area contributed by atoms with Crippen LogP contribution >= 0.6 is 0 Å². The van der Waals surface area contributed by atoms with Crippen LogP contribution < -0.4 is 10.4 Å². The van der Waals surface area contributed by atoms with Crippen molar-refractivity contribution in [2.45, 2.75) is 6.54 Å². The van der Waals surface area contributed by atoms with Crippen molar-refractivity contribution >= 4 is 18.0 Å². The summed E-state index contributed by atoms with van der Waals surface area (Å²) in [6, 6.07) is 20.6. The van der Waals surface area contributed by atoms with E-state index in [0.717, 1.165) is 5.56 Å². The molecule has 0 aliphatic rings. The Hall–Kier alpha value is -4.11. The van der Waals surface area contributed by atoms with Gasteiger partial charge < -0.3 is 19.6 Å². The molecule has 1 aromatic heterocycles. The van der Waals surface area contributed by atoms with Crippen LogP contribution in [-0.4, -0.2) is 11.9 Å². The van der Waals surface area contributed by atoms with Crippen LogP contribution in [-0.2, 0) is 11.3 Å². The first-order valence-corrected chi connectivity index (χ1v) is 8.42. The van der Waals surface area contributed by atoms with Crippen LogP contribution in [0.2, 0.25) is 0 Å². The van der Waals surface area contributed by atoms with E-state index < -0.39 is 11.9 Å². The fourth-order valence-electron chi connectivity index (χ4n) is 2.55. The molecule has 0 saturated carbocycles. The predicted molar refractivity (Wildman–Crippen MR) is 100 cm³/mol. The van der Waals surface area contributed by atoms with Crippen LogP contribution in [0.15, 0.2) is 76.7 Å². The number of nitrogens with one attached hydrogen (secondary N) is 1. The van der Waals surface area contributed by atoms with Crippen molar-refractivity contribution in [1.82, 2.24) is 5.32 Å². The van der Waals surface area contributed by atoms with Crippen molar-refractivity contribution in [2.75, 3.05) is 0 Å². The molecule has 6 heteroatoms. The number of benzene rings is 2. The van der Waals surface area contributed by atoms with Gasteiger partial charge in [-0.05, 0) is 29.3 Å². The molecule has 1 N–H and O–H groups in total. The number of carboxylic acid groups (broad SMARTS) is 1. The highest BCUT2D eigenvalue weighted by Gasteiger charge is 2.11. The number of aromatic carboxylic acids is 1. The lowest BCUT2D eigenvalue weighted by atomic mass is 10.1. The lowest BCUT2D eigenvalue weighted by molar-refractivity contribution is -0.255. The van der Waals surface area contributed by atoms with Crippen LogP contribution in [0.3, 0.4) is 0 Å². The maximum absolute atomic E-state index is 12.2. The first-order valence-electron chi connectivity index (χ1n) is 8.42. The fraction of sp³-hybridized carbons (Fsp3) is 0.0455. The van der Waals surface area contributed by atoms with Crippen LogP contribution in [0, 0.1) is 11.3 Å². The van der Waals surface area contributed by atoms with Gasteiger partial charge in [-0.2, -0.15) is 5.26 Å². The summed E-state index contributed by atoms with van der Waals surface area (Å²) in [5.74, 6) is -1.07. The molecule has 0 saturated heterocycles. The molecule has 3 aromatic rings. The van der Waals surface area contributed by atoms with Crippen molar-refractivity contribution in [3.05, 3.63) is 89.2 Å². The minimum atomic E-state index is -1.28. The largest absolute Gasteiger partial charge is 0.545 e. The number of amides is 1. The van der Waals surface area contributed by atoms with Crippen LogP contribution in [0.25, 0.3) is 17.4 Å². The van der Waals surface area contributed by atoms with E-state index in [1.54, 1.807) is 24.3 Å². The Morgan fingerprint density at radius 2 is 1.86 bits per heavy atom. The number of furan rings is 1. The van der Waals surface area contributed by atoms with E-state index in [2.05, 4.69) is 5.32 Å². The fourth-order valence-corrected chi connectivity index (χ4v) is 2.55. The first kappa shape index (κ1) is 18.7. The van der Waals surface area contributed by atoms with Crippen LogP contribution in [0.1, 0.15) is 21.7 Å². The summed E-state index contributed by atoms with van der Waals surface area (Å²) in [6.45, 7) is 0.304. The smallest absolute Gasteiger partial charge is 0.262 e. The van der Waals surface area contributed by atoms with Crippen LogP contribution in [0.5, 0.6) is 0 Å². The third-order valence-corrected chi connectivity index (χ3v) is 3.96. The minimum absolute atomic E-state index is 0.0315. The minimum Gasteiger partial charge on any atom is -0.545 e. The predicted octanol–water partition coefficient (Wildman–Crippen LogP) is 2.53. The Kier molecular flexibility index (Phi) is 5.68. The van der Waals surface area contributed by atoms with Gasteiger partial charge in [0.05, 0.1) is 5.97 Å². The van der Waals surface area contributed by atoms with E-state index in [-0.39, 0.29) is 11.1 Å². The molecular formula is C22H15N2O4-. The van der Waals surface area contributed by atoms with E-state index >= 15 is 0 Å². The molecule has 0 aliphatic carbocycles. The van der Waals surface area contributed by atoms with Crippen molar-refractivity contribution in [1.29, 1.82) is 5.26 Å². The van der Waals surface area contributed by atoms with Gasteiger partial charge in [-0.15, -0.1) is 0 Å². The van der Waals surface area contributed by atoms with Gasteiger partial charge in [0.1, 0.15) is 23.2 Å². The van der Waals surface area contributed by atoms with E-state index in [9.17, 15) is 20.0 Å². The van der Waals surface area contributed by atoms with E-state index in [1.807, 2.05) is 36.4 Å². The maximum Gasteiger partial charge on any atom is 0.262 e. The quantitative estimate of drug-likeness (QED) is 0.529. The summed E-state index contributed by atoms with van der Waals surface area (Å²) < 4.78 is 5.63. The maximum atomic E-state index is 12.2. The average molecular weight is 371 g/mol. The zero-order chi connectivity index (χ0) is 19.9. The summed E-state index contributed by atoms with van der Waals surface area (Å²) in [6.07, 6.45) is 1.34. The second-order valence-corrected chi connectivity index (χ2v) is 5.91.